The summed E-state index contributed by atoms with van der Waals surface area (Å²) in [6.45, 7) is 4.42. The van der Waals surface area contributed by atoms with Crippen LogP contribution < -0.4 is 0 Å². The summed E-state index contributed by atoms with van der Waals surface area (Å²) in [6.07, 6.45) is 4.08. The average Bonchev–Trinajstić information content (AvgIpc) is 1.71. The maximum absolute atomic E-state index is 4.74. The Balaban J connectivity index is 0. The van der Waals surface area contributed by atoms with Gasteiger partial charge in [-0.25, -0.2) is 0 Å². The van der Waals surface area contributed by atoms with Crippen molar-refractivity contribution in [1.82, 2.24) is 0 Å². The van der Waals surface area contributed by atoms with Gasteiger partial charge >= 0.3 is 0 Å². The smallest absolute Gasteiger partial charge is 0.0704 e. The molecule has 0 aromatic rings. The zero-order valence-electron chi connectivity index (χ0n) is 5.32. The first-order valence-electron chi connectivity index (χ1n) is 2.75. The van der Waals surface area contributed by atoms with E-state index < -0.39 is 0 Å². The van der Waals surface area contributed by atoms with Crippen LogP contribution in [0.1, 0.15) is 33.1 Å². The maximum atomic E-state index is 4.74. The molecule has 0 fully saturated rings. The Morgan fingerprint density at radius 1 is 1.12 bits per heavy atom. The maximum Gasteiger partial charge on any atom is 0.141 e. The van der Waals surface area contributed by atoms with E-state index >= 15 is 0 Å². The second-order valence-corrected chi connectivity index (χ2v) is 3.08. The summed E-state index contributed by atoms with van der Waals surface area (Å²) in [6, 6.07) is 0. The van der Waals surface area contributed by atoms with Crippen LogP contribution in [0, 0.1) is 0 Å². The lowest BCUT2D eigenvalue weighted by Crippen LogP contribution is -1.59. The van der Waals surface area contributed by atoms with Gasteiger partial charge in [-0.3, -0.25) is 0 Å². The summed E-state index contributed by atoms with van der Waals surface area (Å²) >= 11 is 9.47. The quantitative estimate of drug-likeness (QED) is 0.543. The first-order valence-corrected chi connectivity index (χ1v) is 5.46. The Labute approximate surface area is 63.3 Å². The Morgan fingerprint density at radius 3 is 1.38 bits per heavy atom. The van der Waals surface area contributed by atoms with E-state index in [0.29, 0.717) is 7.29 Å². The first kappa shape index (κ1) is 11.8. The van der Waals surface area contributed by atoms with Crippen molar-refractivity contribution in [3.8, 4) is 0 Å². The van der Waals surface area contributed by atoms with Crippen LogP contribution in [0.2, 0.25) is 0 Å². The molecule has 0 rings (SSSR count). The fourth-order valence-electron chi connectivity index (χ4n) is 0.354. The van der Waals surface area contributed by atoms with E-state index in [0.717, 1.165) is 0 Å². The van der Waals surface area contributed by atoms with Crippen molar-refractivity contribution >= 4 is 29.8 Å². The molecular weight excluding hydrogens is 162 g/mol. The first-order chi connectivity index (χ1) is 3.83. The number of hydrogen-bond acceptors (Lipinski definition) is 0. The van der Waals surface area contributed by atoms with Gasteiger partial charge in [-0.05, 0) is 0 Å². The topological polar surface area (TPSA) is 0 Å². The van der Waals surface area contributed by atoms with Gasteiger partial charge in [0.1, 0.15) is 7.29 Å². The third-order valence-electron chi connectivity index (χ3n) is 0.707. The van der Waals surface area contributed by atoms with Gasteiger partial charge in [-0.1, -0.05) is 55.6 Å². The summed E-state index contributed by atoms with van der Waals surface area (Å²) in [5.74, 6) is 0. The zero-order chi connectivity index (χ0) is 6.83. The molecule has 0 bridgehead atoms. The molecule has 0 aromatic heterocycles. The fraction of sp³-hybridized carbons (Fsp3) is 1.00. The van der Waals surface area contributed by atoms with Gasteiger partial charge in [-0.2, -0.15) is 0 Å². The van der Waals surface area contributed by atoms with Crippen molar-refractivity contribution in [1.29, 1.82) is 0 Å². The predicted octanol–water partition coefficient (Wildman–Crippen LogP) is 4.44. The molecule has 0 heterocycles. The van der Waals surface area contributed by atoms with Crippen LogP contribution in [0.5, 0.6) is 0 Å². The third-order valence-corrected chi connectivity index (χ3v) is 0.707. The van der Waals surface area contributed by atoms with Gasteiger partial charge in [0.2, 0.25) is 0 Å². The highest BCUT2D eigenvalue weighted by Crippen LogP contribution is 2.19. The van der Waals surface area contributed by atoms with E-state index in [2.05, 4.69) is 13.8 Å². The molecule has 0 saturated heterocycles. The van der Waals surface area contributed by atoms with Gasteiger partial charge < -0.3 is 0 Å². The highest BCUT2D eigenvalue weighted by Gasteiger charge is 1.68. The van der Waals surface area contributed by atoms with Gasteiger partial charge in [0.05, 0.1) is 0 Å². The second kappa shape index (κ2) is 15.7. The summed E-state index contributed by atoms with van der Waals surface area (Å²) in [4.78, 5) is 0. The largest absolute Gasteiger partial charge is 0.141 e. The van der Waals surface area contributed by atoms with E-state index in [1.165, 1.54) is 19.3 Å². The molecule has 0 aliphatic rings. The minimum atomic E-state index is 0.361. The van der Waals surface area contributed by atoms with Crippen LogP contribution >= 0.6 is 29.8 Å². The molecule has 0 nitrogen and oxygen atoms in total. The molecule has 0 amide bonds. The number of unbranched alkanes of at least 4 members (excludes halogenated alkanes) is 2. The van der Waals surface area contributed by atoms with Crippen molar-refractivity contribution in [2.75, 3.05) is 0 Å². The highest BCUT2D eigenvalue weighted by molar-refractivity contribution is 7.90. The van der Waals surface area contributed by atoms with Crippen molar-refractivity contribution in [2.24, 2.45) is 0 Å². The van der Waals surface area contributed by atoms with Gasteiger partial charge in [0.25, 0.3) is 0 Å². The van der Waals surface area contributed by atoms with Crippen molar-refractivity contribution in [3.05, 3.63) is 0 Å². The van der Waals surface area contributed by atoms with Crippen LogP contribution in [0.3, 0.4) is 0 Å². The highest BCUT2D eigenvalue weighted by atomic mass is 35.9. The van der Waals surface area contributed by atoms with E-state index in [-0.39, 0.29) is 0 Å². The van der Waals surface area contributed by atoms with Crippen molar-refractivity contribution < 1.29 is 0 Å². The van der Waals surface area contributed by atoms with Crippen LogP contribution in [0.25, 0.3) is 0 Å². The van der Waals surface area contributed by atoms with E-state index in [1.807, 2.05) is 0 Å². The Morgan fingerprint density at radius 2 is 1.38 bits per heavy atom. The van der Waals surface area contributed by atoms with Gasteiger partial charge in [0, 0.05) is 0 Å². The predicted molar refractivity (Wildman–Crippen MR) is 43.8 cm³/mol. The summed E-state index contributed by atoms with van der Waals surface area (Å²) in [5.41, 5.74) is 0. The van der Waals surface area contributed by atoms with Crippen LogP contribution in [0.15, 0.2) is 0 Å². The minimum Gasteiger partial charge on any atom is -0.0704 e. The molecular formula is C5H12Cl2P. The molecule has 1 radical (unpaired) electrons. The monoisotopic (exact) mass is 173 g/mol. The number of rotatable bonds is 2. The zero-order valence-corrected chi connectivity index (χ0v) is 7.73. The Hall–Kier alpha value is 1.01. The normalized spacial score (nSPS) is 7.50. The molecule has 0 aliphatic heterocycles. The lowest BCUT2D eigenvalue weighted by atomic mass is 10.3. The summed E-state index contributed by atoms with van der Waals surface area (Å²) in [5, 5.41) is 0. The molecule has 51 valence electrons. The van der Waals surface area contributed by atoms with Gasteiger partial charge in [0.15, 0.2) is 0 Å². The van der Waals surface area contributed by atoms with Crippen molar-refractivity contribution in [3.63, 3.8) is 0 Å². The summed E-state index contributed by atoms with van der Waals surface area (Å²) in [7, 11) is 0.361. The SMILES string of the molecule is CCCCC.Cl[P]Cl. The van der Waals surface area contributed by atoms with E-state index in [9.17, 15) is 0 Å². The van der Waals surface area contributed by atoms with Crippen LogP contribution in [-0.4, -0.2) is 0 Å². The molecule has 8 heavy (non-hydrogen) atoms. The average molecular weight is 174 g/mol. The summed E-state index contributed by atoms with van der Waals surface area (Å²) < 4.78 is 0. The van der Waals surface area contributed by atoms with Gasteiger partial charge in [-0.15, -0.1) is 0 Å². The minimum absolute atomic E-state index is 0.361. The van der Waals surface area contributed by atoms with E-state index in [4.69, 9.17) is 22.5 Å². The lowest BCUT2D eigenvalue weighted by molar-refractivity contribution is 0.772. The number of hydrogen-bond donors (Lipinski definition) is 0. The molecule has 0 aliphatic carbocycles. The molecule has 0 unspecified atom stereocenters. The molecule has 0 saturated carbocycles. The van der Waals surface area contributed by atoms with Crippen LogP contribution in [-0.2, 0) is 0 Å². The molecule has 3 heteroatoms. The van der Waals surface area contributed by atoms with E-state index in [1.54, 1.807) is 0 Å². The van der Waals surface area contributed by atoms with Crippen LogP contribution in [0.4, 0.5) is 0 Å². The molecule has 0 N–H and O–H groups in total. The molecule has 0 aromatic carbocycles. The second-order valence-electron chi connectivity index (χ2n) is 1.42. The molecule has 0 atom stereocenters. The fourth-order valence-corrected chi connectivity index (χ4v) is 0.354. The lowest BCUT2D eigenvalue weighted by Gasteiger charge is -1.79. The Kier molecular flexibility index (Phi) is 23.1. The number of halogens is 2. The standard InChI is InChI=1S/C5H12.Cl2P/c1-3-5-4-2;1-3-2/h3-5H2,1-2H3;. The third kappa shape index (κ3) is 27.9. The van der Waals surface area contributed by atoms with Crippen molar-refractivity contribution in [2.45, 2.75) is 33.1 Å². The molecule has 0 spiro atoms. The Bertz CT molecular complexity index is 24.4.